The van der Waals surface area contributed by atoms with Crippen molar-refractivity contribution in [1.29, 1.82) is 0 Å². The number of aromatic nitrogens is 2. The lowest BCUT2D eigenvalue weighted by Crippen LogP contribution is -2.48. The van der Waals surface area contributed by atoms with Crippen LogP contribution in [0.4, 0.5) is 0 Å². The summed E-state index contributed by atoms with van der Waals surface area (Å²) in [7, 11) is 1.92. The van der Waals surface area contributed by atoms with E-state index in [4.69, 9.17) is 4.42 Å². The molecule has 1 aliphatic carbocycles. The zero-order chi connectivity index (χ0) is 22.3. The number of nitrogens with zero attached hydrogens (tertiary/aromatic N) is 4. The molecule has 0 spiro atoms. The normalized spacial score (nSPS) is 26.1. The van der Waals surface area contributed by atoms with Crippen molar-refractivity contribution in [1.82, 2.24) is 24.9 Å². The number of fused-ring (bicyclic) bond motifs is 1. The molecule has 2 saturated heterocycles. The molecule has 2 atom stereocenters. The van der Waals surface area contributed by atoms with E-state index in [9.17, 15) is 9.59 Å². The van der Waals surface area contributed by atoms with Gasteiger partial charge in [0.2, 0.25) is 5.91 Å². The maximum absolute atomic E-state index is 13.6. The first-order chi connectivity index (χ1) is 15.4. The molecular formula is C24H33N5O3. The minimum absolute atomic E-state index is 0.0626. The van der Waals surface area contributed by atoms with Crippen molar-refractivity contribution in [3.05, 3.63) is 41.6 Å². The van der Waals surface area contributed by atoms with Crippen molar-refractivity contribution < 1.29 is 14.0 Å². The van der Waals surface area contributed by atoms with Gasteiger partial charge in [-0.1, -0.05) is 0 Å². The van der Waals surface area contributed by atoms with E-state index in [-0.39, 0.29) is 17.7 Å². The van der Waals surface area contributed by atoms with Crippen LogP contribution in [0, 0.1) is 24.2 Å². The Kier molecular flexibility index (Phi) is 5.57. The van der Waals surface area contributed by atoms with Gasteiger partial charge in [-0.2, -0.15) is 5.10 Å². The van der Waals surface area contributed by atoms with Gasteiger partial charge in [-0.25, -0.2) is 0 Å². The number of rotatable bonds is 6. The van der Waals surface area contributed by atoms with Gasteiger partial charge in [0, 0.05) is 69.6 Å². The molecule has 3 fully saturated rings. The largest absolute Gasteiger partial charge is 0.459 e. The number of furan rings is 1. The standard InChI is InChI=1S/C24H33N5O3/c1-17-6-9-32-21(17)22(30)29-8-3-7-24(23(31)25-10-18-4-5-18)16-28(14-20(24)15-29)13-19-11-26-27(2)12-19/h6,9,11-12,18,20H,3-5,7-8,10,13-16H2,1-2H3,(H,25,31)/t20-,24+/m1/s1. The Morgan fingerprint density at radius 2 is 2.16 bits per heavy atom. The van der Waals surface area contributed by atoms with Crippen LogP contribution in [0.5, 0.6) is 0 Å². The lowest BCUT2D eigenvalue weighted by Gasteiger charge is -2.32. The predicted octanol–water partition coefficient (Wildman–Crippen LogP) is 2.20. The molecule has 0 bridgehead atoms. The number of hydrogen-bond acceptors (Lipinski definition) is 5. The highest BCUT2D eigenvalue weighted by molar-refractivity contribution is 5.93. The first-order valence-corrected chi connectivity index (χ1v) is 11.8. The topological polar surface area (TPSA) is 83.6 Å². The minimum atomic E-state index is -0.454. The summed E-state index contributed by atoms with van der Waals surface area (Å²) in [4.78, 5) is 31.0. The van der Waals surface area contributed by atoms with E-state index in [1.54, 1.807) is 6.26 Å². The molecule has 2 aliphatic heterocycles. The number of nitrogens with one attached hydrogen (secondary N) is 1. The van der Waals surface area contributed by atoms with Gasteiger partial charge >= 0.3 is 0 Å². The van der Waals surface area contributed by atoms with E-state index in [1.165, 1.54) is 12.8 Å². The molecule has 0 radical (unpaired) electrons. The smallest absolute Gasteiger partial charge is 0.289 e. The lowest BCUT2D eigenvalue weighted by molar-refractivity contribution is -0.133. The van der Waals surface area contributed by atoms with Crippen LogP contribution < -0.4 is 5.32 Å². The van der Waals surface area contributed by atoms with E-state index >= 15 is 0 Å². The first-order valence-electron chi connectivity index (χ1n) is 11.8. The maximum Gasteiger partial charge on any atom is 0.289 e. The fraction of sp³-hybridized carbons (Fsp3) is 0.625. The van der Waals surface area contributed by atoms with E-state index < -0.39 is 5.41 Å². The van der Waals surface area contributed by atoms with Crippen molar-refractivity contribution in [3.63, 3.8) is 0 Å². The van der Waals surface area contributed by atoms with Gasteiger partial charge in [-0.15, -0.1) is 0 Å². The predicted molar refractivity (Wildman–Crippen MR) is 119 cm³/mol. The summed E-state index contributed by atoms with van der Waals surface area (Å²) in [5.41, 5.74) is 1.55. The molecular weight excluding hydrogens is 406 g/mol. The van der Waals surface area contributed by atoms with Gasteiger partial charge in [0.05, 0.1) is 17.9 Å². The SMILES string of the molecule is Cc1ccoc1C(=O)N1CCC[C@]2(C(=O)NCC3CC3)CN(Cc3cnn(C)c3)C[C@@H]2C1. The average molecular weight is 440 g/mol. The van der Waals surface area contributed by atoms with Crippen LogP contribution in [0.15, 0.2) is 29.1 Å². The molecule has 2 aromatic rings. The zero-order valence-electron chi connectivity index (χ0n) is 19.0. The van der Waals surface area contributed by atoms with Crippen molar-refractivity contribution >= 4 is 11.8 Å². The van der Waals surface area contributed by atoms with Crippen molar-refractivity contribution in [2.45, 2.75) is 39.2 Å². The second-order valence-electron chi connectivity index (χ2n) is 9.99. The molecule has 0 aromatic carbocycles. The van der Waals surface area contributed by atoms with Crippen LogP contribution in [-0.4, -0.2) is 64.1 Å². The summed E-state index contributed by atoms with van der Waals surface area (Å²) in [6, 6.07) is 1.83. The highest BCUT2D eigenvalue weighted by Crippen LogP contribution is 2.44. The molecule has 4 heterocycles. The fourth-order valence-corrected chi connectivity index (χ4v) is 5.50. The molecule has 0 unspecified atom stereocenters. The molecule has 5 rings (SSSR count). The fourth-order valence-electron chi connectivity index (χ4n) is 5.50. The third kappa shape index (κ3) is 4.08. The van der Waals surface area contributed by atoms with E-state index in [2.05, 4.69) is 15.3 Å². The van der Waals surface area contributed by atoms with Crippen LogP contribution in [-0.2, 0) is 18.4 Å². The maximum atomic E-state index is 13.6. The Bertz CT molecular complexity index is 993. The molecule has 32 heavy (non-hydrogen) atoms. The van der Waals surface area contributed by atoms with Crippen LogP contribution >= 0.6 is 0 Å². The van der Waals surface area contributed by atoms with Crippen LogP contribution in [0.25, 0.3) is 0 Å². The minimum Gasteiger partial charge on any atom is -0.459 e. The second kappa shape index (κ2) is 8.39. The number of aryl methyl sites for hydroxylation is 2. The van der Waals surface area contributed by atoms with Crippen LogP contribution in [0.3, 0.4) is 0 Å². The van der Waals surface area contributed by atoms with Gasteiger partial charge in [0.1, 0.15) is 0 Å². The number of amides is 2. The molecule has 172 valence electrons. The molecule has 3 aliphatic rings. The van der Waals surface area contributed by atoms with Gasteiger partial charge in [-0.3, -0.25) is 19.2 Å². The highest BCUT2D eigenvalue weighted by Gasteiger charge is 2.53. The summed E-state index contributed by atoms with van der Waals surface area (Å²) in [5, 5.41) is 7.56. The molecule has 1 saturated carbocycles. The van der Waals surface area contributed by atoms with Crippen LogP contribution in [0.2, 0.25) is 0 Å². The molecule has 8 nitrogen and oxygen atoms in total. The average Bonchev–Trinajstić information content (AvgIpc) is 3.28. The Labute approximate surface area is 188 Å². The number of carbonyl (C=O) groups is 2. The van der Waals surface area contributed by atoms with Crippen molar-refractivity contribution in [3.8, 4) is 0 Å². The molecule has 1 N–H and O–H groups in total. The summed E-state index contributed by atoms with van der Waals surface area (Å²) >= 11 is 0. The number of carbonyl (C=O) groups excluding carboxylic acids is 2. The zero-order valence-corrected chi connectivity index (χ0v) is 19.0. The van der Waals surface area contributed by atoms with E-state index in [0.717, 1.165) is 50.1 Å². The third-order valence-corrected chi connectivity index (χ3v) is 7.47. The lowest BCUT2D eigenvalue weighted by atomic mass is 9.74. The summed E-state index contributed by atoms with van der Waals surface area (Å²) < 4.78 is 7.30. The Morgan fingerprint density at radius 1 is 1.31 bits per heavy atom. The summed E-state index contributed by atoms with van der Waals surface area (Å²) in [5.74, 6) is 1.27. The summed E-state index contributed by atoms with van der Waals surface area (Å²) in [6.07, 6.45) is 9.55. The summed E-state index contributed by atoms with van der Waals surface area (Å²) in [6.45, 7) is 6.22. The van der Waals surface area contributed by atoms with Gasteiger partial charge < -0.3 is 14.6 Å². The quantitative estimate of drug-likeness (QED) is 0.746. The van der Waals surface area contributed by atoms with Gasteiger partial charge in [0.25, 0.3) is 5.91 Å². The number of likely N-dealkylation sites (tertiary alicyclic amines) is 2. The van der Waals surface area contributed by atoms with Crippen LogP contribution in [0.1, 0.15) is 47.4 Å². The molecule has 8 heteroatoms. The number of hydrogen-bond donors (Lipinski definition) is 1. The Hall–Kier alpha value is -2.61. The monoisotopic (exact) mass is 439 g/mol. The van der Waals surface area contributed by atoms with Crippen molar-refractivity contribution in [2.75, 3.05) is 32.7 Å². The Morgan fingerprint density at radius 3 is 2.84 bits per heavy atom. The molecule has 2 aromatic heterocycles. The van der Waals surface area contributed by atoms with Gasteiger partial charge in [0.15, 0.2) is 5.76 Å². The first kappa shape index (κ1) is 21.2. The third-order valence-electron chi connectivity index (χ3n) is 7.47. The van der Waals surface area contributed by atoms with E-state index in [0.29, 0.717) is 24.8 Å². The van der Waals surface area contributed by atoms with Crippen molar-refractivity contribution in [2.24, 2.45) is 24.3 Å². The highest BCUT2D eigenvalue weighted by atomic mass is 16.3. The molecule has 2 amide bonds. The Balaban J connectivity index is 1.37. The second-order valence-corrected chi connectivity index (χ2v) is 9.99. The van der Waals surface area contributed by atoms with E-state index in [1.807, 2.05) is 42.0 Å². The van der Waals surface area contributed by atoms with Gasteiger partial charge in [-0.05, 0) is 44.6 Å².